The Morgan fingerprint density at radius 1 is 0.438 bits per heavy atom. The minimum atomic E-state index is -0.457. The normalized spacial score (nSPS) is 14.8. The number of hydrogen-bond donors (Lipinski definition) is 0. The van der Waals surface area contributed by atoms with Crippen molar-refractivity contribution in [3.8, 4) is 11.1 Å². The first-order valence-corrected chi connectivity index (χ1v) is 16.8. The van der Waals surface area contributed by atoms with Crippen molar-refractivity contribution in [1.29, 1.82) is 0 Å². The van der Waals surface area contributed by atoms with E-state index in [2.05, 4.69) is 176 Å². The molecule has 1 heterocycles. The largest absolute Gasteiger partial charge is 0.456 e. The van der Waals surface area contributed by atoms with Crippen LogP contribution in [0.3, 0.4) is 0 Å². The average molecular weight is 616 g/mol. The van der Waals surface area contributed by atoms with Gasteiger partial charge in [0.05, 0.1) is 16.5 Å². The number of furan rings is 1. The molecular weight excluding hydrogens is 583 g/mol. The lowest BCUT2D eigenvalue weighted by atomic mass is 9.55. The highest BCUT2D eigenvalue weighted by atomic mass is 16.3. The van der Waals surface area contributed by atoms with Gasteiger partial charge in [-0.25, -0.2) is 0 Å². The zero-order chi connectivity index (χ0) is 32.0. The van der Waals surface area contributed by atoms with Crippen LogP contribution in [-0.2, 0) is 10.8 Å². The molecule has 48 heavy (non-hydrogen) atoms. The molecule has 10 rings (SSSR count). The number of fused-ring (bicyclic) bond motifs is 12. The van der Waals surface area contributed by atoms with E-state index in [0.29, 0.717) is 0 Å². The average Bonchev–Trinajstić information content (AvgIpc) is 3.66. The molecule has 0 amide bonds. The Labute approximate surface area is 280 Å². The van der Waals surface area contributed by atoms with E-state index in [9.17, 15) is 0 Å². The molecule has 0 saturated heterocycles. The molecule has 0 bridgehead atoms. The maximum atomic E-state index is 6.39. The molecule has 228 valence electrons. The van der Waals surface area contributed by atoms with Crippen molar-refractivity contribution in [3.05, 3.63) is 197 Å². The van der Waals surface area contributed by atoms with E-state index in [0.717, 1.165) is 39.0 Å². The van der Waals surface area contributed by atoms with Crippen LogP contribution in [0.25, 0.3) is 33.1 Å². The standard InChI is InChI=1S/C46H33NO/c1-45(2)36-20-9-11-22-38(36)46(39-23-12-10-21-37(39)45)35-19-8-6-17-32(35)33-28-27-31(29-40(33)46)47(30-15-4-3-5-16-30)41-24-14-26-43-44(41)34-18-7-13-25-42(34)48-43/h3-29H,1-2H3. The molecule has 2 aliphatic carbocycles. The summed E-state index contributed by atoms with van der Waals surface area (Å²) in [5.41, 5.74) is 15.3. The predicted octanol–water partition coefficient (Wildman–Crippen LogP) is 12.1. The number of nitrogens with zero attached hydrogens (tertiary/aromatic N) is 1. The summed E-state index contributed by atoms with van der Waals surface area (Å²) < 4.78 is 6.39. The number of anilines is 3. The van der Waals surface area contributed by atoms with E-state index in [1.54, 1.807) is 0 Å². The van der Waals surface area contributed by atoms with Crippen LogP contribution in [-0.4, -0.2) is 0 Å². The van der Waals surface area contributed by atoms with Gasteiger partial charge in [-0.15, -0.1) is 0 Å². The Hall–Kier alpha value is -5.86. The number of benzene rings is 7. The first kappa shape index (κ1) is 27.3. The highest BCUT2D eigenvalue weighted by molar-refractivity contribution is 6.13. The molecule has 8 aromatic rings. The maximum absolute atomic E-state index is 6.39. The predicted molar refractivity (Wildman–Crippen MR) is 198 cm³/mol. The summed E-state index contributed by atoms with van der Waals surface area (Å²) in [6.45, 7) is 4.76. The monoisotopic (exact) mass is 615 g/mol. The van der Waals surface area contributed by atoms with Crippen LogP contribution in [0.4, 0.5) is 17.1 Å². The van der Waals surface area contributed by atoms with Crippen LogP contribution >= 0.6 is 0 Å². The fourth-order valence-corrected chi connectivity index (χ4v) is 8.93. The maximum Gasteiger partial charge on any atom is 0.137 e. The van der Waals surface area contributed by atoms with Crippen LogP contribution in [0.5, 0.6) is 0 Å². The topological polar surface area (TPSA) is 16.4 Å². The molecule has 0 unspecified atom stereocenters. The van der Waals surface area contributed by atoms with Crippen molar-refractivity contribution >= 4 is 39.0 Å². The zero-order valence-corrected chi connectivity index (χ0v) is 26.9. The molecule has 0 atom stereocenters. The minimum absolute atomic E-state index is 0.137. The number of hydrogen-bond acceptors (Lipinski definition) is 2. The third-order valence-electron chi connectivity index (χ3n) is 10.9. The van der Waals surface area contributed by atoms with E-state index < -0.39 is 5.41 Å². The Kier molecular flexibility index (Phi) is 5.58. The SMILES string of the molecule is CC1(C)c2ccccc2C2(c3ccccc3-c3ccc(N(c4ccccc4)c4cccc5oc6ccccc6c45)cc32)c2ccccc21. The summed E-state index contributed by atoms with van der Waals surface area (Å²) in [7, 11) is 0. The lowest BCUT2D eigenvalue weighted by Crippen LogP contribution is -2.40. The van der Waals surface area contributed by atoms with Crippen LogP contribution in [0, 0.1) is 0 Å². The summed E-state index contributed by atoms with van der Waals surface area (Å²) in [4.78, 5) is 2.41. The van der Waals surface area contributed by atoms with Gasteiger partial charge in [-0.3, -0.25) is 0 Å². The van der Waals surface area contributed by atoms with Crippen LogP contribution in [0.1, 0.15) is 47.2 Å². The molecule has 0 saturated carbocycles. The van der Waals surface area contributed by atoms with Crippen LogP contribution in [0.15, 0.2) is 168 Å². The second-order valence-corrected chi connectivity index (χ2v) is 13.7. The van der Waals surface area contributed by atoms with Gasteiger partial charge in [0, 0.05) is 22.2 Å². The first-order chi connectivity index (χ1) is 23.6. The van der Waals surface area contributed by atoms with Crippen molar-refractivity contribution in [1.82, 2.24) is 0 Å². The van der Waals surface area contributed by atoms with E-state index in [1.807, 2.05) is 6.07 Å². The van der Waals surface area contributed by atoms with E-state index in [-0.39, 0.29) is 5.41 Å². The third kappa shape index (κ3) is 3.47. The minimum Gasteiger partial charge on any atom is -0.456 e. The Morgan fingerprint density at radius 2 is 1.02 bits per heavy atom. The van der Waals surface area contributed by atoms with Gasteiger partial charge in [0.25, 0.3) is 0 Å². The summed E-state index contributed by atoms with van der Waals surface area (Å²) in [5, 5.41) is 2.23. The molecule has 7 aromatic carbocycles. The third-order valence-corrected chi connectivity index (χ3v) is 10.9. The number of rotatable bonds is 3. The van der Waals surface area contributed by atoms with Crippen molar-refractivity contribution in [2.24, 2.45) is 0 Å². The summed E-state index contributed by atoms with van der Waals surface area (Å²) in [6, 6.07) is 59.9. The highest BCUT2D eigenvalue weighted by Crippen LogP contribution is 2.62. The molecule has 2 aliphatic rings. The molecule has 0 aliphatic heterocycles. The Balaban J connectivity index is 1.31. The number of para-hydroxylation sites is 2. The van der Waals surface area contributed by atoms with Crippen molar-refractivity contribution in [2.75, 3.05) is 4.90 Å². The van der Waals surface area contributed by atoms with Gasteiger partial charge >= 0.3 is 0 Å². The van der Waals surface area contributed by atoms with Crippen molar-refractivity contribution in [2.45, 2.75) is 24.7 Å². The van der Waals surface area contributed by atoms with Gasteiger partial charge in [-0.2, -0.15) is 0 Å². The lowest BCUT2D eigenvalue weighted by Gasteiger charge is -2.46. The highest BCUT2D eigenvalue weighted by Gasteiger charge is 2.53. The Morgan fingerprint density at radius 3 is 1.77 bits per heavy atom. The molecule has 1 spiro atoms. The molecule has 0 fully saturated rings. The molecule has 2 nitrogen and oxygen atoms in total. The van der Waals surface area contributed by atoms with Gasteiger partial charge in [-0.05, 0) is 87.0 Å². The molecular formula is C46H33NO. The lowest BCUT2D eigenvalue weighted by molar-refractivity contribution is 0.563. The van der Waals surface area contributed by atoms with Crippen molar-refractivity contribution in [3.63, 3.8) is 0 Å². The van der Waals surface area contributed by atoms with Crippen molar-refractivity contribution < 1.29 is 4.42 Å². The van der Waals surface area contributed by atoms with E-state index in [4.69, 9.17) is 4.42 Å². The van der Waals surface area contributed by atoms with Gasteiger partial charge < -0.3 is 9.32 Å². The smallest absolute Gasteiger partial charge is 0.137 e. The zero-order valence-electron chi connectivity index (χ0n) is 26.9. The second kappa shape index (κ2) is 9.82. The molecule has 1 aromatic heterocycles. The quantitative estimate of drug-likeness (QED) is 0.197. The Bertz CT molecular complexity index is 2500. The van der Waals surface area contributed by atoms with E-state index >= 15 is 0 Å². The molecule has 2 heteroatoms. The summed E-state index contributed by atoms with van der Waals surface area (Å²) in [5.74, 6) is 0. The molecule has 0 radical (unpaired) electrons. The fourth-order valence-electron chi connectivity index (χ4n) is 8.93. The van der Waals surface area contributed by atoms with Gasteiger partial charge in [0.2, 0.25) is 0 Å². The van der Waals surface area contributed by atoms with Gasteiger partial charge in [-0.1, -0.05) is 135 Å². The fraction of sp³-hybridized carbons (Fsp3) is 0.0870. The summed E-state index contributed by atoms with van der Waals surface area (Å²) >= 11 is 0. The van der Waals surface area contributed by atoms with Gasteiger partial charge in [0.15, 0.2) is 0 Å². The van der Waals surface area contributed by atoms with E-state index in [1.165, 1.54) is 44.5 Å². The second-order valence-electron chi connectivity index (χ2n) is 13.7. The first-order valence-electron chi connectivity index (χ1n) is 16.8. The molecule has 0 N–H and O–H groups in total. The van der Waals surface area contributed by atoms with Crippen LogP contribution in [0.2, 0.25) is 0 Å². The summed E-state index contributed by atoms with van der Waals surface area (Å²) in [6.07, 6.45) is 0. The van der Waals surface area contributed by atoms with Gasteiger partial charge in [0.1, 0.15) is 11.2 Å². The van der Waals surface area contributed by atoms with Crippen LogP contribution < -0.4 is 4.90 Å².